The molecule has 2 heterocycles. The van der Waals surface area contributed by atoms with Crippen molar-refractivity contribution in [2.75, 3.05) is 47.7 Å². The van der Waals surface area contributed by atoms with Crippen molar-refractivity contribution in [3.8, 4) is 0 Å². The fraction of sp³-hybridized carbons (Fsp3) is 0.750. The Morgan fingerprint density at radius 1 is 0.853 bits per heavy atom. The number of aliphatic hydroxyl groups is 2. The summed E-state index contributed by atoms with van der Waals surface area (Å²) in [4.78, 5) is 102. The molecule has 68 heavy (non-hydrogen) atoms. The molecule has 15 nitrogen and oxygen atoms in total. The third-order valence-corrected chi connectivity index (χ3v) is 15.6. The summed E-state index contributed by atoms with van der Waals surface area (Å²) in [6.07, 6.45) is 3.16. The van der Waals surface area contributed by atoms with Crippen molar-refractivity contribution in [3.63, 3.8) is 0 Å². The van der Waals surface area contributed by atoms with E-state index in [2.05, 4.69) is 0 Å². The zero-order chi connectivity index (χ0) is 51.0. The molecule has 10 atom stereocenters. The molecular formula is C52H84N4O11S. The van der Waals surface area contributed by atoms with Crippen LogP contribution in [0.4, 0.5) is 0 Å². The van der Waals surface area contributed by atoms with E-state index < -0.39 is 54.4 Å². The van der Waals surface area contributed by atoms with Crippen LogP contribution in [0.2, 0.25) is 0 Å². The number of methoxy groups -OCH3 is 2. The molecule has 3 rings (SSSR count). The number of unbranched alkanes of at least 4 members (excludes halogenated alkanes) is 2. The van der Waals surface area contributed by atoms with Gasteiger partial charge in [0.25, 0.3) is 0 Å². The molecule has 2 N–H and O–H groups in total. The Morgan fingerprint density at radius 3 is 2.06 bits per heavy atom. The van der Waals surface area contributed by atoms with Gasteiger partial charge < -0.3 is 34.4 Å². The van der Waals surface area contributed by atoms with Crippen molar-refractivity contribution in [3.05, 3.63) is 35.9 Å². The minimum absolute atomic E-state index is 0.0329. The van der Waals surface area contributed by atoms with E-state index in [0.717, 1.165) is 5.56 Å². The summed E-state index contributed by atoms with van der Waals surface area (Å²) < 4.78 is 12.0. The van der Waals surface area contributed by atoms with Gasteiger partial charge in [-0.15, -0.1) is 0 Å². The van der Waals surface area contributed by atoms with Gasteiger partial charge in [-0.05, 0) is 61.7 Å². The number of carbonyl (C=O) groups is 7. The molecule has 1 aromatic carbocycles. The van der Waals surface area contributed by atoms with Gasteiger partial charge in [-0.3, -0.25) is 38.5 Å². The van der Waals surface area contributed by atoms with Crippen LogP contribution in [-0.4, -0.2) is 160 Å². The first-order chi connectivity index (χ1) is 32.1. The lowest BCUT2D eigenvalue weighted by atomic mass is 9.83. The number of hydrogen-bond acceptors (Lipinski definition) is 12. The summed E-state index contributed by atoms with van der Waals surface area (Å²) >= 11 is 1.38. The molecule has 0 saturated carbocycles. The molecule has 384 valence electrons. The van der Waals surface area contributed by atoms with E-state index in [1.54, 1.807) is 30.8 Å². The van der Waals surface area contributed by atoms with Crippen molar-refractivity contribution in [1.82, 2.24) is 19.6 Å². The average Bonchev–Trinajstić information content (AvgIpc) is 3.90. The van der Waals surface area contributed by atoms with Gasteiger partial charge in [0.1, 0.15) is 5.78 Å². The molecule has 0 aromatic heterocycles. The average molecular weight is 973 g/mol. The standard InChI is InChI=1S/C52H84N4O11S/c1-13-34(6)48(42(66-10)30-45(60)55-26-20-23-39(55)49(67-11)35(7)40(57)28-37(52(64)65)27-36-21-16-14-17-22-36)54(9)50(62)38(32(2)3)29-41(58)47(33(4)5)53(8)44(59)24-18-15-19-25-56-46(61)31-43(68-12)51(56)63/h14,16-17,21-22,32-35,37-39,42-43,47-49,52,64-65H,13,15,18-20,23-31H2,1-12H3/t34-,35-,37?,38-,39-,42+,43?,47-,48-,49+/m0/s1. The van der Waals surface area contributed by atoms with Crippen molar-refractivity contribution >= 4 is 52.9 Å². The highest BCUT2D eigenvalue weighted by Gasteiger charge is 2.44. The second kappa shape index (κ2) is 28.2. The first-order valence-corrected chi connectivity index (χ1v) is 26.1. The predicted octanol–water partition coefficient (Wildman–Crippen LogP) is 5.80. The van der Waals surface area contributed by atoms with Crippen LogP contribution < -0.4 is 0 Å². The Bertz CT molecular complexity index is 1810. The maximum atomic E-state index is 14.7. The van der Waals surface area contributed by atoms with Crippen molar-refractivity contribution in [1.29, 1.82) is 0 Å². The molecule has 2 fully saturated rings. The Labute approximate surface area is 410 Å². The minimum Gasteiger partial charge on any atom is -0.379 e. The molecule has 2 unspecified atom stereocenters. The number of likely N-dealkylation sites (tertiary alicyclic amines) is 2. The molecule has 0 aliphatic carbocycles. The van der Waals surface area contributed by atoms with Gasteiger partial charge in [0.2, 0.25) is 29.5 Å². The molecule has 5 amide bonds. The maximum absolute atomic E-state index is 14.7. The van der Waals surface area contributed by atoms with Crippen LogP contribution in [-0.2, 0) is 49.5 Å². The summed E-state index contributed by atoms with van der Waals surface area (Å²) in [5.41, 5.74) is 0.890. The minimum atomic E-state index is -1.69. The highest BCUT2D eigenvalue weighted by atomic mass is 32.2. The summed E-state index contributed by atoms with van der Waals surface area (Å²) in [6.45, 7) is 14.2. The number of nitrogens with zero attached hydrogens (tertiary/aromatic N) is 4. The maximum Gasteiger partial charge on any atom is 0.242 e. The van der Waals surface area contributed by atoms with E-state index in [1.165, 1.54) is 35.8 Å². The van der Waals surface area contributed by atoms with Gasteiger partial charge in [0, 0.05) is 84.8 Å². The predicted molar refractivity (Wildman–Crippen MR) is 264 cm³/mol. The summed E-state index contributed by atoms with van der Waals surface area (Å²) in [5.74, 6) is -3.90. The molecule has 0 spiro atoms. The number of benzene rings is 1. The highest BCUT2D eigenvalue weighted by Crippen LogP contribution is 2.32. The van der Waals surface area contributed by atoms with E-state index in [4.69, 9.17) is 9.47 Å². The monoisotopic (exact) mass is 973 g/mol. The number of rotatable bonds is 30. The Kier molecular flexibility index (Phi) is 24.3. The van der Waals surface area contributed by atoms with Crippen molar-refractivity contribution in [2.45, 2.75) is 167 Å². The molecule has 0 bridgehead atoms. The van der Waals surface area contributed by atoms with Gasteiger partial charge in [-0.1, -0.05) is 91.6 Å². The number of amides is 5. The van der Waals surface area contributed by atoms with E-state index >= 15 is 0 Å². The lowest BCUT2D eigenvalue weighted by Gasteiger charge is -2.41. The van der Waals surface area contributed by atoms with Crippen LogP contribution in [0.5, 0.6) is 0 Å². The van der Waals surface area contributed by atoms with E-state index in [0.29, 0.717) is 58.0 Å². The number of ketones is 2. The number of Topliss-reactive ketones (excluding diaryl/α,β-unsaturated/α-hetero) is 2. The van der Waals surface area contributed by atoms with Crippen molar-refractivity contribution < 1.29 is 53.2 Å². The van der Waals surface area contributed by atoms with Crippen LogP contribution in [0.15, 0.2) is 30.3 Å². The van der Waals surface area contributed by atoms with Gasteiger partial charge in [-0.2, -0.15) is 11.8 Å². The lowest BCUT2D eigenvalue weighted by molar-refractivity contribution is -0.150. The number of carbonyl (C=O) groups excluding carboxylic acids is 7. The quantitative estimate of drug-likeness (QED) is 0.0536. The molecule has 0 radical (unpaired) electrons. The van der Waals surface area contributed by atoms with Gasteiger partial charge >= 0.3 is 0 Å². The molecule has 16 heteroatoms. The fourth-order valence-electron chi connectivity index (χ4n) is 10.4. The molecular weight excluding hydrogens is 889 g/mol. The molecule has 2 aliphatic rings. The molecule has 1 aromatic rings. The van der Waals surface area contributed by atoms with E-state index in [-0.39, 0.29) is 96.2 Å². The lowest BCUT2D eigenvalue weighted by Crippen LogP contribution is -2.54. The van der Waals surface area contributed by atoms with E-state index in [9.17, 15) is 43.8 Å². The number of hydrogen-bond donors (Lipinski definition) is 2. The SMILES string of the molecule is CC[C@H](C)[C@@H]([C@@H](CC(=O)N1CCC[C@H]1[C@H](OC)[C@@H](C)C(=O)CC(Cc1ccccc1)C(O)O)OC)N(C)C(=O)[C@@H](CC(=O)[C@H](C(C)C)N(C)C(=O)CCCCCN1C(=O)CC(SC)C1=O)C(C)C. The molecule has 2 saturated heterocycles. The first-order valence-electron chi connectivity index (χ1n) is 24.8. The van der Waals surface area contributed by atoms with E-state index in [1.807, 2.05) is 78.1 Å². The molecule has 2 aliphatic heterocycles. The van der Waals surface area contributed by atoms with Crippen LogP contribution in [0.3, 0.4) is 0 Å². The van der Waals surface area contributed by atoms with Gasteiger partial charge in [0.15, 0.2) is 12.1 Å². The third-order valence-electron chi connectivity index (χ3n) is 14.7. The summed E-state index contributed by atoms with van der Waals surface area (Å²) in [5, 5.41) is 20.1. The Hall–Kier alpha value is -3.70. The Balaban J connectivity index is 1.70. The summed E-state index contributed by atoms with van der Waals surface area (Å²) in [6, 6.07) is 7.69. The van der Waals surface area contributed by atoms with Gasteiger partial charge in [-0.25, -0.2) is 0 Å². The second-order valence-corrected chi connectivity index (χ2v) is 21.0. The number of aliphatic hydroxyl groups excluding tert-OH is 1. The smallest absolute Gasteiger partial charge is 0.242 e. The second-order valence-electron chi connectivity index (χ2n) is 20.0. The topological polar surface area (TPSA) is 191 Å². The number of likely N-dealkylation sites (N-methyl/N-ethyl adjacent to an activating group) is 2. The van der Waals surface area contributed by atoms with Crippen LogP contribution in [0.25, 0.3) is 0 Å². The highest BCUT2D eigenvalue weighted by molar-refractivity contribution is 8.00. The number of ether oxygens (including phenoxy) is 2. The number of imide groups is 1. The summed E-state index contributed by atoms with van der Waals surface area (Å²) in [7, 11) is 6.41. The number of thioether (sulfide) groups is 1. The fourth-order valence-corrected chi connectivity index (χ4v) is 11.0. The first kappa shape index (κ1) is 58.6. The Morgan fingerprint density at radius 2 is 1.51 bits per heavy atom. The third kappa shape index (κ3) is 15.7. The van der Waals surface area contributed by atoms with Crippen LogP contribution in [0, 0.1) is 35.5 Å². The van der Waals surface area contributed by atoms with Crippen LogP contribution >= 0.6 is 11.8 Å². The van der Waals surface area contributed by atoms with Gasteiger partial charge in [0.05, 0.1) is 42.0 Å². The van der Waals surface area contributed by atoms with Crippen molar-refractivity contribution in [2.24, 2.45) is 35.5 Å². The largest absolute Gasteiger partial charge is 0.379 e. The normalized spacial score (nSPS) is 20.1. The van der Waals surface area contributed by atoms with Crippen LogP contribution in [0.1, 0.15) is 125 Å². The zero-order valence-electron chi connectivity index (χ0n) is 43.1. The zero-order valence-corrected chi connectivity index (χ0v) is 43.9.